The van der Waals surface area contributed by atoms with Crippen LogP contribution < -0.4 is 10.6 Å². The van der Waals surface area contributed by atoms with E-state index in [1.807, 2.05) is 24.3 Å². The zero-order chi connectivity index (χ0) is 19.2. The first-order valence-corrected chi connectivity index (χ1v) is 9.46. The van der Waals surface area contributed by atoms with Crippen molar-refractivity contribution in [1.82, 2.24) is 10.2 Å². The van der Waals surface area contributed by atoms with E-state index in [1.165, 1.54) is 24.0 Å². The molecule has 2 aromatic rings. The van der Waals surface area contributed by atoms with E-state index in [2.05, 4.69) is 28.8 Å². The number of benzene rings is 2. The molecule has 0 fully saturated rings. The van der Waals surface area contributed by atoms with E-state index < -0.39 is 0 Å². The lowest BCUT2D eigenvalue weighted by molar-refractivity contribution is -0.127. The lowest BCUT2D eigenvalue weighted by Crippen LogP contribution is -2.29. The standard InChI is InChI=1S/C22H27N3O2/c1-25(2)21(26)14-19-9-5-6-10-20(19)24-22(27)23-15-16-11-12-17-7-3-4-8-18(17)13-16/h5-6,9-13H,3-4,7-8,14-15H2,1-2H3,(H2,23,24,27). The Kier molecular flexibility index (Phi) is 6.12. The number of amides is 3. The lowest BCUT2D eigenvalue weighted by atomic mass is 9.90. The van der Waals surface area contributed by atoms with E-state index in [0.717, 1.165) is 24.0 Å². The summed E-state index contributed by atoms with van der Waals surface area (Å²) < 4.78 is 0. The van der Waals surface area contributed by atoms with Crippen LogP contribution in [0.4, 0.5) is 10.5 Å². The Morgan fingerprint density at radius 2 is 1.74 bits per heavy atom. The Morgan fingerprint density at radius 1 is 1.00 bits per heavy atom. The Bertz CT molecular complexity index is 830. The Hall–Kier alpha value is -2.82. The number of carbonyl (C=O) groups is 2. The molecule has 0 spiro atoms. The molecule has 0 radical (unpaired) electrons. The van der Waals surface area contributed by atoms with E-state index in [4.69, 9.17) is 0 Å². The van der Waals surface area contributed by atoms with Gasteiger partial charge in [0.15, 0.2) is 0 Å². The molecular formula is C22H27N3O2. The van der Waals surface area contributed by atoms with Gasteiger partial charge in [-0.1, -0.05) is 36.4 Å². The van der Waals surface area contributed by atoms with Crippen LogP contribution in [0.2, 0.25) is 0 Å². The molecule has 0 bridgehead atoms. The molecule has 27 heavy (non-hydrogen) atoms. The number of likely N-dealkylation sites (N-methyl/N-ethyl adjacent to an activating group) is 1. The third kappa shape index (κ3) is 5.09. The van der Waals surface area contributed by atoms with Crippen LogP contribution in [0, 0.1) is 0 Å². The van der Waals surface area contributed by atoms with Gasteiger partial charge >= 0.3 is 6.03 Å². The molecule has 2 N–H and O–H groups in total. The highest BCUT2D eigenvalue weighted by Gasteiger charge is 2.12. The number of para-hydroxylation sites is 1. The van der Waals surface area contributed by atoms with Crippen molar-refractivity contribution in [3.8, 4) is 0 Å². The topological polar surface area (TPSA) is 61.4 Å². The molecule has 1 aliphatic carbocycles. The zero-order valence-electron chi connectivity index (χ0n) is 16.0. The molecule has 0 heterocycles. The minimum atomic E-state index is -0.266. The van der Waals surface area contributed by atoms with E-state index >= 15 is 0 Å². The largest absolute Gasteiger partial charge is 0.349 e. The summed E-state index contributed by atoms with van der Waals surface area (Å²) in [6.07, 6.45) is 5.05. The summed E-state index contributed by atoms with van der Waals surface area (Å²) in [6, 6.07) is 13.6. The second kappa shape index (κ2) is 8.71. The highest BCUT2D eigenvalue weighted by atomic mass is 16.2. The molecule has 142 valence electrons. The molecule has 0 saturated heterocycles. The summed E-state index contributed by atoms with van der Waals surface area (Å²) in [6.45, 7) is 0.484. The molecule has 3 amide bonds. The average Bonchev–Trinajstić information content (AvgIpc) is 2.67. The first kappa shape index (κ1) is 19.0. The normalized spacial score (nSPS) is 12.8. The SMILES string of the molecule is CN(C)C(=O)Cc1ccccc1NC(=O)NCc1ccc2c(c1)CCCC2. The van der Waals surface area contributed by atoms with E-state index in [0.29, 0.717) is 12.2 Å². The summed E-state index contributed by atoms with van der Waals surface area (Å²) in [5.74, 6) is -0.00119. The highest BCUT2D eigenvalue weighted by Crippen LogP contribution is 2.22. The van der Waals surface area contributed by atoms with Crippen LogP contribution in [0.1, 0.15) is 35.1 Å². The van der Waals surface area contributed by atoms with Crippen LogP contribution in [-0.4, -0.2) is 30.9 Å². The minimum absolute atomic E-state index is 0.00119. The number of nitrogens with one attached hydrogen (secondary N) is 2. The van der Waals surface area contributed by atoms with Crippen LogP contribution in [0.5, 0.6) is 0 Å². The van der Waals surface area contributed by atoms with Crippen molar-refractivity contribution in [2.24, 2.45) is 0 Å². The number of rotatable bonds is 5. The minimum Gasteiger partial charge on any atom is -0.349 e. The van der Waals surface area contributed by atoms with Gasteiger partial charge in [-0.2, -0.15) is 0 Å². The smallest absolute Gasteiger partial charge is 0.319 e. The van der Waals surface area contributed by atoms with Crippen molar-refractivity contribution in [2.45, 2.75) is 38.6 Å². The van der Waals surface area contributed by atoms with Crippen molar-refractivity contribution in [2.75, 3.05) is 19.4 Å². The van der Waals surface area contributed by atoms with Crippen LogP contribution in [0.25, 0.3) is 0 Å². The van der Waals surface area contributed by atoms with E-state index in [1.54, 1.807) is 19.0 Å². The number of urea groups is 1. The summed E-state index contributed by atoms with van der Waals surface area (Å²) in [5, 5.41) is 5.78. The predicted molar refractivity (Wildman–Crippen MR) is 108 cm³/mol. The second-order valence-corrected chi connectivity index (χ2v) is 7.24. The van der Waals surface area contributed by atoms with Crippen molar-refractivity contribution in [3.63, 3.8) is 0 Å². The van der Waals surface area contributed by atoms with Gasteiger partial charge in [0.1, 0.15) is 0 Å². The van der Waals surface area contributed by atoms with Gasteiger partial charge in [0.25, 0.3) is 0 Å². The average molecular weight is 365 g/mol. The molecule has 0 atom stereocenters. The Labute approximate surface area is 160 Å². The highest BCUT2D eigenvalue weighted by molar-refractivity contribution is 5.91. The molecule has 0 aliphatic heterocycles. The van der Waals surface area contributed by atoms with Gasteiger partial charge in [-0.3, -0.25) is 4.79 Å². The van der Waals surface area contributed by atoms with Gasteiger partial charge in [0.05, 0.1) is 6.42 Å². The number of nitrogens with zero attached hydrogens (tertiary/aromatic N) is 1. The maximum absolute atomic E-state index is 12.3. The first-order valence-electron chi connectivity index (χ1n) is 9.46. The van der Waals surface area contributed by atoms with Gasteiger partial charge < -0.3 is 15.5 Å². The molecular weight excluding hydrogens is 338 g/mol. The molecule has 0 unspecified atom stereocenters. The van der Waals surface area contributed by atoms with Gasteiger partial charge in [0.2, 0.25) is 5.91 Å². The van der Waals surface area contributed by atoms with Crippen molar-refractivity contribution in [1.29, 1.82) is 0 Å². The third-order valence-corrected chi connectivity index (χ3v) is 4.97. The van der Waals surface area contributed by atoms with Crippen LogP contribution >= 0.6 is 0 Å². The van der Waals surface area contributed by atoms with Crippen molar-refractivity contribution < 1.29 is 9.59 Å². The van der Waals surface area contributed by atoms with E-state index in [-0.39, 0.29) is 18.4 Å². The number of anilines is 1. The van der Waals surface area contributed by atoms with Crippen molar-refractivity contribution >= 4 is 17.6 Å². The van der Waals surface area contributed by atoms with Gasteiger partial charge in [0, 0.05) is 26.3 Å². The van der Waals surface area contributed by atoms with E-state index in [9.17, 15) is 9.59 Å². The molecule has 5 heteroatoms. The molecule has 2 aromatic carbocycles. The number of carbonyl (C=O) groups excluding carboxylic acids is 2. The quantitative estimate of drug-likeness (QED) is 0.852. The Morgan fingerprint density at radius 3 is 2.52 bits per heavy atom. The maximum atomic E-state index is 12.3. The first-order chi connectivity index (χ1) is 13.0. The molecule has 0 saturated carbocycles. The summed E-state index contributed by atoms with van der Waals surface area (Å²) in [5.41, 5.74) is 5.43. The number of aryl methyl sites for hydroxylation is 2. The van der Waals surface area contributed by atoms with Crippen LogP contribution in [-0.2, 0) is 30.6 Å². The number of hydrogen-bond donors (Lipinski definition) is 2. The molecule has 3 rings (SSSR count). The number of hydrogen-bond acceptors (Lipinski definition) is 2. The predicted octanol–water partition coefficient (Wildman–Crippen LogP) is 3.52. The van der Waals surface area contributed by atoms with Crippen LogP contribution in [0.3, 0.4) is 0 Å². The van der Waals surface area contributed by atoms with Gasteiger partial charge in [-0.15, -0.1) is 0 Å². The Balaban J connectivity index is 1.59. The van der Waals surface area contributed by atoms with Crippen molar-refractivity contribution in [3.05, 3.63) is 64.7 Å². The fourth-order valence-electron chi connectivity index (χ4n) is 3.36. The van der Waals surface area contributed by atoms with Gasteiger partial charge in [-0.25, -0.2) is 4.79 Å². The molecule has 0 aromatic heterocycles. The van der Waals surface area contributed by atoms with Gasteiger partial charge in [-0.05, 0) is 54.0 Å². The second-order valence-electron chi connectivity index (χ2n) is 7.24. The summed E-state index contributed by atoms with van der Waals surface area (Å²) >= 11 is 0. The molecule has 1 aliphatic rings. The zero-order valence-corrected chi connectivity index (χ0v) is 16.0. The summed E-state index contributed by atoms with van der Waals surface area (Å²) in [4.78, 5) is 25.9. The van der Waals surface area contributed by atoms with Crippen LogP contribution in [0.15, 0.2) is 42.5 Å². The number of fused-ring (bicyclic) bond motifs is 1. The fraction of sp³-hybridized carbons (Fsp3) is 0.364. The lowest BCUT2D eigenvalue weighted by Gasteiger charge is -2.17. The maximum Gasteiger partial charge on any atom is 0.319 e. The summed E-state index contributed by atoms with van der Waals surface area (Å²) in [7, 11) is 3.45. The third-order valence-electron chi connectivity index (χ3n) is 4.97. The monoisotopic (exact) mass is 365 g/mol. The fourth-order valence-corrected chi connectivity index (χ4v) is 3.36. The molecule has 5 nitrogen and oxygen atoms in total.